The number of aromatic amines is 1. The van der Waals surface area contributed by atoms with Gasteiger partial charge < -0.3 is 9.72 Å². The van der Waals surface area contributed by atoms with Crippen LogP contribution in [0.15, 0.2) is 58.8 Å². The van der Waals surface area contributed by atoms with Crippen molar-refractivity contribution in [3.8, 4) is 5.75 Å². The molecule has 1 amide bonds. The summed E-state index contributed by atoms with van der Waals surface area (Å²) in [5.74, 6) is 0.834. The fourth-order valence-corrected chi connectivity index (χ4v) is 2.88. The zero-order valence-electron chi connectivity index (χ0n) is 13.9. The van der Waals surface area contributed by atoms with Crippen LogP contribution in [0.4, 0.5) is 0 Å². The first-order valence-corrected chi connectivity index (χ1v) is 8.69. The number of benzene rings is 2. The lowest BCUT2D eigenvalue weighted by atomic mass is 10.1. The molecule has 25 heavy (non-hydrogen) atoms. The van der Waals surface area contributed by atoms with E-state index in [4.69, 9.17) is 4.74 Å². The Kier molecular flexibility index (Phi) is 5.35. The van der Waals surface area contributed by atoms with Crippen LogP contribution < -0.4 is 10.2 Å². The maximum Gasteiger partial charge on any atom is 0.250 e. The fraction of sp³-hybridized carbons (Fsp3) is 0.167. The minimum absolute atomic E-state index is 0.182. The number of hydrogen-bond acceptors (Lipinski definition) is 5. The number of thioether (sulfide) groups is 1. The lowest BCUT2D eigenvalue weighted by Gasteiger charge is -2.04. The summed E-state index contributed by atoms with van der Waals surface area (Å²) in [6.07, 6.45) is 0. The lowest BCUT2D eigenvalue weighted by Crippen LogP contribution is -2.21. The maximum atomic E-state index is 12.0. The molecule has 7 heteroatoms. The maximum absolute atomic E-state index is 12.0. The van der Waals surface area contributed by atoms with Gasteiger partial charge in [0.2, 0.25) is 0 Å². The van der Waals surface area contributed by atoms with E-state index >= 15 is 0 Å². The summed E-state index contributed by atoms with van der Waals surface area (Å²) in [4.78, 5) is 19.6. The second kappa shape index (κ2) is 7.85. The quantitative estimate of drug-likeness (QED) is 0.405. The minimum Gasteiger partial charge on any atom is -0.497 e. The van der Waals surface area contributed by atoms with Gasteiger partial charge in [-0.1, -0.05) is 23.9 Å². The van der Waals surface area contributed by atoms with Crippen molar-refractivity contribution in [2.45, 2.75) is 12.1 Å². The van der Waals surface area contributed by atoms with Gasteiger partial charge in [-0.15, -0.1) is 0 Å². The van der Waals surface area contributed by atoms with Crippen LogP contribution in [0.5, 0.6) is 5.75 Å². The number of hydrogen-bond donors (Lipinski definition) is 2. The molecule has 0 bridgehead atoms. The van der Waals surface area contributed by atoms with Crippen LogP contribution in [-0.4, -0.2) is 34.4 Å². The fourth-order valence-electron chi connectivity index (χ4n) is 2.21. The van der Waals surface area contributed by atoms with E-state index in [0.29, 0.717) is 5.16 Å². The van der Waals surface area contributed by atoms with Crippen LogP contribution >= 0.6 is 11.8 Å². The molecule has 0 saturated heterocycles. The van der Waals surface area contributed by atoms with Crippen LogP contribution in [0.1, 0.15) is 12.5 Å². The molecule has 0 fully saturated rings. The van der Waals surface area contributed by atoms with Gasteiger partial charge in [-0.25, -0.2) is 10.4 Å². The van der Waals surface area contributed by atoms with Crippen molar-refractivity contribution in [1.82, 2.24) is 15.4 Å². The Morgan fingerprint density at radius 3 is 2.72 bits per heavy atom. The average Bonchev–Trinajstić information content (AvgIpc) is 3.07. The SMILES string of the molecule is COc1ccc(/C(C)=N\NC(=O)CSc2nc3ccccc3[nH]2)cc1. The van der Waals surface area contributed by atoms with E-state index in [1.807, 2.05) is 55.5 Å². The summed E-state index contributed by atoms with van der Waals surface area (Å²) in [6, 6.07) is 15.3. The standard InChI is InChI=1S/C18H18N4O2S/c1-12(13-7-9-14(24-2)10-8-13)21-22-17(23)11-25-18-19-15-5-3-4-6-16(15)20-18/h3-10H,11H2,1-2H3,(H,19,20)(H,22,23)/b21-12-. The van der Waals surface area contributed by atoms with E-state index in [1.54, 1.807) is 7.11 Å². The zero-order valence-corrected chi connectivity index (χ0v) is 14.8. The van der Waals surface area contributed by atoms with Crippen molar-refractivity contribution >= 4 is 34.4 Å². The third-order valence-corrected chi connectivity index (χ3v) is 4.44. The highest BCUT2D eigenvalue weighted by molar-refractivity contribution is 7.99. The van der Waals surface area contributed by atoms with Crippen molar-refractivity contribution in [3.05, 3.63) is 54.1 Å². The number of H-pyrrole nitrogens is 1. The Hall–Kier alpha value is -2.80. The average molecular weight is 354 g/mol. The number of methoxy groups -OCH3 is 1. The number of para-hydroxylation sites is 2. The van der Waals surface area contributed by atoms with Gasteiger partial charge in [-0.05, 0) is 48.9 Å². The molecule has 0 aliphatic rings. The second-order valence-corrected chi connectivity index (χ2v) is 6.27. The van der Waals surface area contributed by atoms with Crippen molar-refractivity contribution in [2.75, 3.05) is 12.9 Å². The molecule has 128 valence electrons. The first-order chi connectivity index (χ1) is 12.2. The predicted octanol–water partition coefficient (Wildman–Crippen LogP) is 3.20. The molecular formula is C18H18N4O2S. The van der Waals surface area contributed by atoms with Crippen LogP contribution in [0.2, 0.25) is 0 Å². The number of carbonyl (C=O) groups is 1. The molecule has 0 aliphatic carbocycles. The third-order valence-electron chi connectivity index (χ3n) is 3.56. The molecule has 0 unspecified atom stereocenters. The Morgan fingerprint density at radius 2 is 2.00 bits per heavy atom. The molecule has 2 aromatic carbocycles. The molecule has 6 nitrogen and oxygen atoms in total. The van der Waals surface area contributed by atoms with Crippen LogP contribution in [0.25, 0.3) is 11.0 Å². The summed E-state index contributed by atoms with van der Waals surface area (Å²) < 4.78 is 5.12. The van der Waals surface area contributed by atoms with E-state index in [-0.39, 0.29) is 11.7 Å². The number of ether oxygens (including phenoxy) is 1. The monoisotopic (exact) mass is 354 g/mol. The van der Waals surface area contributed by atoms with Gasteiger partial charge in [-0.2, -0.15) is 5.10 Å². The summed E-state index contributed by atoms with van der Waals surface area (Å²) in [5.41, 5.74) is 6.06. The molecular weight excluding hydrogens is 336 g/mol. The normalized spacial score (nSPS) is 11.5. The molecule has 0 atom stereocenters. The molecule has 1 heterocycles. The van der Waals surface area contributed by atoms with E-state index in [1.165, 1.54) is 11.8 Å². The first-order valence-electron chi connectivity index (χ1n) is 7.71. The number of imidazole rings is 1. The highest BCUT2D eigenvalue weighted by Crippen LogP contribution is 2.18. The largest absolute Gasteiger partial charge is 0.497 e. The van der Waals surface area contributed by atoms with Crippen molar-refractivity contribution in [1.29, 1.82) is 0 Å². The van der Waals surface area contributed by atoms with Gasteiger partial charge in [0.05, 0.1) is 29.6 Å². The van der Waals surface area contributed by atoms with Gasteiger partial charge >= 0.3 is 0 Å². The number of aromatic nitrogens is 2. The molecule has 2 N–H and O–H groups in total. The number of carbonyl (C=O) groups excluding carboxylic acids is 1. The summed E-state index contributed by atoms with van der Waals surface area (Å²) >= 11 is 1.34. The minimum atomic E-state index is -0.182. The predicted molar refractivity (Wildman–Crippen MR) is 100 cm³/mol. The molecule has 1 aromatic heterocycles. The van der Waals surface area contributed by atoms with Gasteiger partial charge in [-0.3, -0.25) is 4.79 Å². The number of amides is 1. The van der Waals surface area contributed by atoms with E-state index in [2.05, 4.69) is 20.5 Å². The number of nitrogens with zero attached hydrogens (tertiary/aromatic N) is 2. The Morgan fingerprint density at radius 1 is 1.24 bits per heavy atom. The Bertz CT molecular complexity index is 870. The van der Waals surface area contributed by atoms with Crippen LogP contribution in [0, 0.1) is 0 Å². The van der Waals surface area contributed by atoms with Gasteiger partial charge in [0.1, 0.15) is 5.75 Å². The Balaban J connectivity index is 1.54. The highest BCUT2D eigenvalue weighted by atomic mass is 32.2. The molecule has 0 radical (unpaired) electrons. The van der Waals surface area contributed by atoms with Crippen molar-refractivity contribution in [2.24, 2.45) is 5.10 Å². The molecule has 0 aliphatic heterocycles. The van der Waals surface area contributed by atoms with Gasteiger partial charge in [0.25, 0.3) is 5.91 Å². The van der Waals surface area contributed by atoms with Crippen LogP contribution in [-0.2, 0) is 4.79 Å². The third kappa shape index (κ3) is 4.39. The molecule has 3 rings (SSSR count). The van der Waals surface area contributed by atoms with Crippen molar-refractivity contribution in [3.63, 3.8) is 0 Å². The summed E-state index contributed by atoms with van der Waals surface area (Å²) in [5, 5.41) is 4.85. The smallest absolute Gasteiger partial charge is 0.250 e. The zero-order chi connectivity index (χ0) is 17.6. The molecule has 0 spiro atoms. The van der Waals surface area contributed by atoms with E-state index in [9.17, 15) is 4.79 Å². The Labute approximate surface area is 149 Å². The molecule has 0 saturated carbocycles. The lowest BCUT2D eigenvalue weighted by molar-refractivity contribution is -0.118. The summed E-state index contributed by atoms with van der Waals surface area (Å²) in [7, 11) is 1.62. The summed E-state index contributed by atoms with van der Waals surface area (Å²) in [6.45, 7) is 1.84. The van der Waals surface area contributed by atoms with E-state index < -0.39 is 0 Å². The number of fused-ring (bicyclic) bond motifs is 1. The van der Waals surface area contributed by atoms with Crippen LogP contribution in [0.3, 0.4) is 0 Å². The van der Waals surface area contributed by atoms with E-state index in [0.717, 1.165) is 28.1 Å². The van der Waals surface area contributed by atoms with Gasteiger partial charge in [0.15, 0.2) is 5.16 Å². The number of hydrazone groups is 1. The first kappa shape index (κ1) is 17.0. The molecule has 3 aromatic rings. The number of nitrogens with one attached hydrogen (secondary N) is 2. The van der Waals surface area contributed by atoms with Gasteiger partial charge in [0, 0.05) is 0 Å². The highest BCUT2D eigenvalue weighted by Gasteiger charge is 2.07. The number of rotatable bonds is 6. The topological polar surface area (TPSA) is 79.4 Å². The van der Waals surface area contributed by atoms with Crippen molar-refractivity contribution < 1.29 is 9.53 Å². The second-order valence-electron chi connectivity index (χ2n) is 5.31.